The van der Waals surface area contributed by atoms with Gasteiger partial charge in [-0.25, -0.2) is 0 Å². The molecule has 0 saturated heterocycles. The van der Waals surface area contributed by atoms with Crippen LogP contribution in [0, 0.1) is 0 Å². The van der Waals surface area contributed by atoms with E-state index in [-0.39, 0.29) is 6.54 Å². The first-order valence-corrected chi connectivity index (χ1v) is 4.88. The van der Waals surface area contributed by atoms with Crippen molar-refractivity contribution >= 4 is 0 Å². The zero-order chi connectivity index (χ0) is 9.73. The van der Waals surface area contributed by atoms with Crippen LogP contribution in [0.25, 0.3) is 0 Å². The van der Waals surface area contributed by atoms with Gasteiger partial charge in [0, 0.05) is 12.6 Å². The van der Waals surface area contributed by atoms with Crippen LogP contribution in [-0.4, -0.2) is 18.8 Å². The zero-order valence-corrected chi connectivity index (χ0v) is 7.66. The highest BCUT2D eigenvalue weighted by atomic mass is 19.4. The molecule has 0 aliphatic heterocycles. The molecule has 1 fully saturated rings. The largest absolute Gasteiger partial charge is 0.390 e. The van der Waals surface area contributed by atoms with Crippen LogP contribution < -0.4 is 5.32 Å². The normalized spacial score (nSPS) is 20.5. The molecule has 0 aromatic heterocycles. The van der Waals surface area contributed by atoms with Gasteiger partial charge in [0.25, 0.3) is 0 Å². The third kappa shape index (κ3) is 5.13. The summed E-state index contributed by atoms with van der Waals surface area (Å²) >= 11 is 0. The van der Waals surface area contributed by atoms with Gasteiger partial charge < -0.3 is 5.32 Å². The molecule has 1 aliphatic rings. The Morgan fingerprint density at radius 1 is 1.08 bits per heavy atom. The smallest absolute Gasteiger partial charge is 0.314 e. The molecule has 1 saturated carbocycles. The zero-order valence-electron chi connectivity index (χ0n) is 7.66. The van der Waals surface area contributed by atoms with Crippen LogP contribution in [-0.2, 0) is 0 Å². The Balaban J connectivity index is 2.04. The fourth-order valence-electron chi connectivity index (χ4n) is 1.72. The van der Waals surface area contributed by atoms with Crippen molar-refractivity contribution in [2.75, 3.05) is 6.54 Å². The first kappa shape index (κ1) is 10.8. The Labute approximate surface area is 76.7 Å². The lowest BCUT2D eigenvalue weighted by molar-refractivity contribution is -0.133. The van der Waals surface area contributed by atoms with Gasteiger partial charge in [-0.1, -0.05) is 19.3 Å². The molecule has 1 N–H and O–H groups in total. The van der Waals surface area contributed by atoms with Crippen LogP contribution in [0.2, 0.25) is 0 Å². The van der Waals surface area contributed by atoms with E-state index in [9.17, 15) is 13.2 Å². The minimum absolute atomic E-state index is 0.0775. The Bertz CT molecular complexity index is 138. The van der Waals surface area contributed by atoms with E-state index in [1.807, 2.05) is 0 Å². The van der Waals surface area contributed by atoms with Gasteiger partial charge >= 0.3 is 6.18 Å². The van der Waals surface area contributed by atoms with Crippen LogP contribution in [0.15, 0.2) is 0 Å². The molecule has 0 bridgehead atoms. The van der Waals surface area contributed by atoms with E-state index in [0.717, 1.165) is 25.7 Å². The summed E-state index contributed by atoms with van der Waals surface area (Å²) in [5.74, 6) is 0. The van der Waals surface area contributed by atoms with E-state index in [2.05, 4.69) is 5.32 Å². The molecule has 1 rings (SSSR count). The summed E-state index contributed by atoms with van der Waals surface area (Å²) in [4.78, 5) is 0. The summed E-state index contributed by atoms with van der Waals surface area (Å²) in [7, 11) is 0. The van der Waals surface area contributed by atoms with Crippen LogP contribution in [0.3, 0.4) is 0 Å². The number of rotatable bonds is 3. The summed E-state index contributed by atoms with van der Waals surface area (Å²) in [6, 6.07) is 0.330. The fourth-order valence-corrected chi connectivity index (χ4v) is 1.72. The summed E-state index contributed by atoms with van der Waals surface area (Å²) in [5, 5.41) is 2.96. The predicted octanol–water partition coefficient (Wildman–Crippen LogP) is 2.86. The van der Waals surface area contributed by atoms with Crippen molar-refractivity contribution in [3.8, 4) is 0 Å². The highest BCUT2D eigenvalue weighted by Gasteiger charge is 2.26. The lowest BCUT2D eigenvalue weighted by Crippen LogP contribution is -2.33. The summed E-state index contributed by atoms with van der Waals surface area (Å²) < 4.78 is 35.3. The number of halogens is 3. The maximum atomic E-state index is 11.8. The SMILES string of the molecule is FC(F)(F)CCNC1CCCCC1. The van der Waals surface area contributed by atoms with Crippen molar-refractivity contribution in [2.24, 2.45) is 0 Å². The van der Waals surface area contributed by atoms with Crippen molar-refractivity contribution in [3.05, 3.63) is 0 Å². The molecule has 0 spiro atoms. The molecule has 4 heteroatoms. The molecule has 0 heterocycles. The van der Waals surface area contributed by atoms with Gasteiger partial charge in [0.15, 0.2) is 0 Å². The molecule has 1 nitrogen and oxygen atoms in total. The average molecular weight is 195 g/mol. The molecule has 0 aromatic rings. The third-order valence-electron chi connectivity index (χ3n) is 2.45. The monoisotopic (exact) mass is 195 g/mol. The number of nitrogens with one attached hydrogen (secondary N) is 1. The maximum absolute atomic E-state index is 11.8. The molecule has 0 radical (unpaired) electrons. The topological polar surface area (TPSA) is 12.0 Å². The van der Waals surface area contributed by atoms with Gasteiger partial charge in [-0.3, -0.25) is 0 Å². The fraction of sp³-hybridized carbons (Fsp3) is 1.00. The number of hydrogen-bond donors (Lipinski definition) is 1. The molecule has 78 valence electrons. The molecule has 0 unspecified atom stereocenters. The van der Waals surface area contributed by atoms with E-state index in [1.54, 1.807) is 0 Å². The Hall–Kier alpha value is -0.250. The van der Waals surface area contributed by atoms with Crippen molar-refractivity contribution in [1.29, 1.82) is 0 Å². The van der Waals surface area contributed by atoms with Gasteiger partial charge in [0.1, 0.15) is 0 Å². The second-order valence-electron chi connectivity index (χ2n) is 3.65. The van der Waals surface area contributed by atoms with Crippen LogP contribution >= 0.6 is 0 Å². The van der Waals surface area contributed by atoms with E-state index in [0.29, 0.717) is 6.04 Å². The number of alkyl halides is 3. The van der Waals surface area contributed by atoms with Crippen molar-refractivity contribution < 1.29 is 13.2 Å². The first-order chi connectivity index (χ1) is 6.08. The molecule has 0 aromatic carbocycles. The second kappa shape index (κ2) is 4.84. The van der Waals surface area contributed by atoms with Crippen molar-refractivity contribution in [1.82, 2.24) is 5.32 Å². The van der Waals surface area contributed by atoms with Gasteiger partial charge in [0.05, 0.1) is 6.42 Å². The van der Waals surface area contributed by atoms with Crippen molar-refractivity contribution in [3.63, 3.8) is 0 Å². The van der Waals surface area contributed by atoms with Gasteiger partial charge in [-0.05, 0) is 12.8 Å². The van der Waals surface area contributed by atoms with Crippen molar-refractivity contribution in [2.45, 2.75) is 50.7 Å². The van der Waals surface area contributed by atoms with Gasteiger partial charge in [0.2, 0.25) is 0 Å². The predicted molar refractivity (Wildman–Crippen MR) is 45.5 cm³/mol. The summed E-state index contributed by atoms with van der Waals surface area (Å²) in [6.45, 7) is 0.0775. The van der Waals surface area contributed by atoms with Gasteiger partial charge in [-0.15, -0.1) is 0 Å². The van der Waals surface area contributed by atoms with E-state index < -0.39 is 12.6 Å². The van der Waals surface area contributed by atoms with E-state index >= 15 is 0 Å². The quantitative estimate of drug-likeness (QED) is 0.730. The van der Waals surface area contributed by atoms with Crippen LogP contribution in [0.5, 0.6) is 0 Å². The highest BCUT2D eigenvalue weighted by molar-refractivity contribution is 4.72. The first-order valence-electron chi connectivity index (χ1n) is 4.88. The third-order valence-corrected chi connectivity index (χ3v) is 2.45. The lowest BCUT2D eigenvalue weighted by atomic mass is 9.95. The Kier molecular flexibility index (Phi) is 4.03. The van der Waals surface area contributed by atoms with Crippen LogP contribution in [0.4, 0.5) is 13.2 Å². The molecular formula is C9H16F3N. The summed E-state index contributed by atoms with van der Waals surface area (Å²) in [5.41, 5.74) is 0. The number of hydrogen-bond acceptors (Lipinski definition) is 1. The van der Waals surface area contributed by atoms with E-state index in [1.165, 1.54) is 6.42 Å². The van der Waals surface area contributed by atoms with Gasteiger partial charge in [-0.2, -0.15) is 13.2 Å². The minimum Gasteiger partial charge on any atom is -0.314 e. The van der Waals surface area contributed by atoms with E-state index in [4.69, 9.17) is 0 Å². The minimum atomic E-state index is -4.01. The molecule has 0 atom stereocenters. The second-order valence-corrected chi connectivity index (χ2v) is 3.65. The van der Waals surface area contributed by atoms with Crippen LogP contribution in [0.1, 0.15) is 38.5 Å². The molecule has 0 amide bonds. The molecular weight excluding hydrogens is 179 g/mol. The Morgan fingerprint density at radius 2 is 1.69 bits per heavy atom. The lowest BCUT2D eigenvalue weighted by Gasteiger charge is -2.23. The maximum Gasteiger partial charge on any atom is 0.390 e. The Morgan fingerprint density at radius 3 is 2.23 bits per heavy atom. The standard InChI is InChI=1S/C9H16F3N/c10-9(11,12)6-7-13-8-4-2-1-3-5-8/h8,13H,1-7H2. The summed E-state index contributed by atoms with van der Waals surface area (Å²) in [6.07, 6.45) is 0.908. The average Bonchev–Trinajstić information content (AvgIpc) is 2.04. The highest BCUT2D eigenvalue weighted by Crippen LogP contribution is 2.20. The molecule has 13 heavy (non-hydrogen) atoms. The molecule has 1 aliphatic carbocycles.